The second-order valence-electron chi connectivity index (χ2n) is 5.05. The van der Waals surface area contributed by atoms with E-state index >= 15 is 0 Å². The summed E-state index contributed by atoms with van der Waals surface area (Å²) in [7, 11) is 0. The Morgan fingerprint density at radius 1 is 1.55 bits per heavy atom. The molecule has 0 radical (unpaired) electrons. The second-order valence-corrected chi connectivity index (χ2v) is 5.05. The molecule has 0 aliphatic carbocycles. The predicted molar refractivity (Wildman–Crippen MR) is 74.4 cm³/mol. The van der Waals surface area contributed by atoms with E-state index in [-0.39, 0.29) is 5.91 Å². The molecule has 1 aromatic carbocycles. The zero-order chi connectivity index (χ0) is 13.9. The topological polar surface area (TPSA) is 67.0 Å². The summed E-state index contributed by atoms with van der Waals surface area (Å²) >= 11 is 0. The summed E-state index contributed by atoms with van der Waals surface area (Å²) in [6.07, 6.45) is 4.47. The first-order valence-corrected chi connectivity index (χ1v) is 6.73. The lowest BCUT2D eigenvalue weighted by Gasteiger charge is -2.25. The maximum atomic E-state index is 12.1. The van der Waals surface area contributed by atoms with Gasteiger partial charge in [-0.3, -0.25) is 4.79 Å². The number of H-pyrrole nitrogens is 1. The maximum absolute atomic E-state index is 12.1. The number of benzene rings is 1. The van der Waals surface area contributed by atoms with E-state index in [1.165, 1.54) is 11.1 Å². The highest BCUT2D eigenvalue weighted by Crippen LogP contribution is 2.28. The molecule has 1 aliphatic rings. The molecule has 104 valence electrons. The molecule has 1 unspecified atom stereocenters. The molecule has 2 N–H and O–H groups in total. The van der Waals surface area contributed by atoms with Crippen LogP contribution in [0, 0.1) is 6.92 Å². The molecule has 0 bridgehead atoms. The van der Waals surface area contributed by atoms with E-state index in [2.05, 4.69) is 28.3 Å². The van der Waals surface area contributed by atoms with E-state index < -0.39 is 6.10 Å². The van der Waals surface area contributed by atoms with Crippen molar-refractivity contribution in [2.45, 2.75) is 32.4 Å². The van der Waals surface area contributed by atoms with Crippen LogP contribution in [0.4, 0.5) is 0 Å². The van der Waals surface area contributed by atoms with E-state index in [0.29, 0.717) is 13.0 Å². The summed E-state index contributed by atoms with van der Waals surface area (Å²) in [6, 6.07) is 6.07. The summed E-state index contributed by atoms with van der Waals surface area (Å²) in [5, 5.41) is 2.86. The van der Waals surface area contributed by atoms with Gasteiger partial charge in [-0.1, -0.05) is 17.7 Å². The molecule has 5 nitrogen and oxygen atoms in total. The number of amides is 1. The molecule has 1 aliphatic heterocycles. The van der Waals surface area contributed by atoms with Crippen LogP contribution in [-0.2, 0) is 17.8 Å². The number of fused-ring (bicyclic) bond motifs is 1. The van der Waals surface area contributed by atoms with Crippen LogP contribution in [0.3, 0.4) is 0 Å². The summed E-state index contributed by atoms with van der Waals surface area (Å²) in [5.41, 5.74) is 3.28. The lowest BCUT2D eigenvalue weighted by Crippen LogP contribution is -2.40. The lowest BCUT2D eigenvalue weighted by molar-refractivity contribution is -0.128. The molecule has 0 saturated carbocycles. The van der Waals surface area contributed by atoms with Crippen LogP contribution in [0.5, 0.6) is 5.75 Å². The number of aryl methyl sites for hydroxylation is 2. The normalized spacial score (nSPS) is 17.1. The molecule has 1 amide bonds. The SMILES string of the molecule is Cc1ccc2c(c1)CCC(C(=O)NCc1cnc[nH]1)O2. The number of carbonyl (C=O) groups is 1. The monoisotopic (exact) mass is 271 g/mol. The second kappa shape index (κ2) is 5.36. The average Bonchev–Trinajstić information content (AvgIpc) is 2.97. The first-order valence-electron chi connectivity index (χ1n) is 6.73. The van der Waals surface area contributed by atoms with Crippen LogP contribution in [0.2, 0.25) is 0 Å². The van der Waals surface area contributed by atoms with Crippen molar-refractivity contribution in [3.8, 4) is 5.75 Å². The summed E-state index contributed by atoms with van der Waals surface area (Å²) < 4.78 is 5.78. The van der Waals surface area contributed by atoms with E-state index in [1.807, 2.05) is 12.1 Å². The number of hydrogen-bond donors (Lipinski definition) is 2. The first kappa shape index (κ1) is 12.7. The van der Waals surface area contributed by atoms with Gasteiger partial charge in [0.25, 0.3) is 5.91 Å². The zero-order valence-corrected chi connectivity index (χ0v) is 11.3. The molecule has 1 atom stereocenters. The fourth-order valence-electron chi connectivity index (χ4n) is 2.38. The third kappa shape index (κ3) is 2.66. The highest BCUT2D eigenvalue weighted by atomic mass is 16.5. The Labute approximate surface area is 117 Å². The Balaban J connectivity index is 1.61. The van der Waals surface area contributed by atoms with Gasteiger partial charge in [0.1, 0.15) is 5.75 Å². The van der Waals surface area contributed by atoms with Crippen LogP contribution < -0.4 is 10.1 Å². The van der Waals surface area contributed by atoms with Crippen molar-refractivity contribution in [2.75, 3.05) is 0 Å². The largest absolute Gasteiger partial charge is 0.480 e. The van der Waals surface area contributed by atoms with Gasteiger partial charge in [-0.2, -0.15) is 0 Å². The number of hydrogen-bond acceptors (Lipinski definition) is 3. The quantitative estimate of drug-likeness (QED) is 0.893. The molecular formula is C15H17N3O2. The number of imidazole rings is 1. The highest BCUT2D eigenvalue weighted by Gasteiger charge is 2.25. The van der Waals surface area contributed by atoms with Gasteiger partial charge in [-0.25, -0.2) is 4.98 Å². The minimum atomic E-state index is -0.409. The van der Waals surface area contributed by atoms with Crippen molar-refractivity contribution in [1.82, 2.24) is 15.3 Å². The van der Waals surface area contributed by atoms with Gasteiger partial charge in [0, 0.05) is 6.20 Å². The van der Waals surface area contributed by atoms with Gasteiger partial charge in [0.15, 0.2) is 6.10 Å². The minimum Gasteiger partial charge on any atom is -0.480 e. The molecule has 0 fully saturated rings. The smallest absolute Gasteiger partial charge is 0.261 e. The van der Waals surface area contributed by atoms with Crippen LogP contribution in [0.25, 0.3) is 0 Å². The molecular weight excluding hydrogens is 254 g/mol. The van der Waals surface area contributed by atoms with Crippen LogP contribution >= 0.6 is 0 Å². The number of rotatable bonds is 3. The van der Waals surface area contributed by atoms with Gasteiger partial charge < -0.3 is 15.0 Å². The van der Waals surface area contributed by atoms with Gasteiger partial charge in [0.05, 0.1) is 18.6 Å². The zero-order valence-electron chi connectivity index (χ0n) is 11.3. The van der Waals surface area contributed by atoms with Crippen LogP contribution in [0.1, 0.15) is 23.2 Å². The minimum absolute atomic E-state index is 0.0779. The van der Waals surface area contributed by atoms with Crippen LogP contribution in [0.15, 0.2) is 30.7 Å². The summed E-state index contributed by atoms with van der Waals surface area (Å²) in [5.74, 6) is 0.745. The van der Waals surface area contributed by atoms with Gasteiger partial charge in [-0.05, 0) is 31.4 Å². The summed E-state index contributed by atoms with van der Waals surface area (Å²) in [4.78, 5) is 19.0. The Hall–Kier alpha value is -2.30. The third-order valence-corrected chi connectivity index (χ3v) is 3.46. The van der Waals surface area contributed by atoms with Crippen molar-refractivity contribution >= 4 is 5.91 Å². The highest BCUT2D eigenvalue weighted by molar-refractivity contribution is 5.81. The van der Waals surface area contributed by atoms with Gasteiger partial charge in [-0.15, -0.1) is 0 Å². The Kier molecular flexibility index (Phi) is 3.41. The van der Waals surface area contributed by atoms with Crippen molar-refractivity contribution in [3.05, 3.63) is 47.5 Å². The Morgan fingerprint density at radius 3 is 3.25 bits per heavy atom. The van der Waals surface area contributed by atoms with Gasteiger partial charge >= 0.3 is 0 Å². The van der Waals surface area contributed by atoms with Crippen molar-refractivity contribution in [1.29, 1.82) is 0 Å². The fraction of sp³-hybridized carbons (Fsp3) is 0.333. The Bertz CT molecular complexity index is 608. The molecule has 2 heterocycles. The molecule has 1 aromatic heterocycles. The molecule has 20 heavy (non-hydrogen) atoms. The number of nitrogens with zero attached hydrogens (tertiary/aromatic N) is 1. The lowest BCUT2D eigenvalue weighted by atomic mass is 10.00. The number of carbonyl (C=O) groups excluding carboxylic acids is 1. The molecule has 0 saturated heterocycles. The number of aromatic amines is 1. The number of ether oxygens (including phenoxy) is 1. The average molecular weight is 271 g/mol. The Morgan fingerprint density at radius 2 is 2.45 bits per heavy atom. The first-order chi connectivity index (χ1) is 9.72. The van der Waals surface area contributed by atoms with E-state index in [9.17, 15) is 4.79 Å². The van der Waals surface area contributed by atoms with E-state index in [4.69, 9.17) is 4.74 Å². The van der Waals surface area contributed by atoms with Crippen molar-refractivity contribution in [2.24, 2.45) is 0 Å². The molecule has 2 aromatic rings. The third-order valence-electron chi connectivity index (χ3n) is 3.46. The van der Waals surface area contributed by atoms with E-state index in [1.54, 1.807) is 12.5 Å². The van der Waals surface area contributed by atoms with Crippen molar-refractivity contribution < 1.29 is 9.53 Å². The fourth-order valence-corrected chi connectivity index (χ4v) is 2.38. The van der Waals surface area contributed by atoms with Crippen LogP contribution in [-0.4, -0.2) is 22.0 Å². The molecule has 0 spiro atoms. The number of nitrogens with one attached hydrogen (secondary N) is 2. The number of aromatic nitrogens is 2. The summed E-state index contributed by atoms with van der Waals surface area (Å²) in [6.45, 7) is 2.50. The molecule has 5 heteroatoms. The molecule has 3 rings (SSSR count). The van der Waals surface area contributed by atoms with Gasteiger partial charge in [0.2, 0.25) is 0 Å². The standard InChI is InChI=1S/C15H17N3O2/c1-10-2-4-13-11(6-10)3-5-14(20-13)15(19)17-8-12-7-16-9-18-12/h2,4,6-7,9,14H,3,5,8H2,1H3,(H,16,18)(H,17,19). The predicted octanol–water partition coefficient (Wildman–Crippen LogP) is 1.73. The van der Waals surface area contributed by atoms with E-state index in [0.717, 1.165) is 17.9 Å². The van der Waals surface area contributed by atoms with Crippen molar-refractivity contribution in [3.63, 3.8) is 0 Å². The maximum Gasteiger partial charge on any atom is 0.261 e.